The van der Waals surface area contributed by atoms with E-state index in [9.17, 15) is 8.42 Å². The maximum atomic E-state index is 12.7. The fraction of sp³-hybridized carbons (Fsp3) is 0.615. The second-order valence-corrected chi connectivity index (χ2v) is 6.73. The van der Waals surface area contributed by atoms with Crippen LogP contribution in [0.2, 0.25) is 0 Å². The molecule has 0 aliphatic carbocycles. The molecule has 1 aliphatic rings. The van der Waals surface area contributed by atoms with Crippen molar-refractivity contribution in [1.82, 2.24) is 9.29 Å². The monoisotopic (exact) mass is 283 g/mol. The lowest BCUT2D eigenvalue weighted by Crippen LogP contribution is -2.34. The van der Waals surface area contributed by atoms with E-state index in [0.29, 0.717) is 18.8 Å². The minimum Gasteiger partial charge on any atom is -0.325 e. The first kappa shape index (κ1) is 14.4. The molecule has 0 bridgehead atoms. The van der Waals surface area contributed by atoms with Crippen LogP contribution in [-0.2, 0) is 16.6 Å². The smallest absolute Gasteiger partial charge is 0.244 e. The van der Waals surface area contributed by atoms with Crippen molar-refractivity contribution < 1.29 is 8.42 Å². The molecule has 5 nitrogen and oxygen atoms in total. The summed E-state index contributed by atoms with van der Waals surface area (Å²) in [5, 5.41) is 0. The predicted molar refractivity (Wildman–Crippen MR) is 74.0 cm³/mol. The number of nitrogens with zero attached hydrogens (tertiary/aromatic N) is 2. The van der Waals surface area contributed by atoms with Gasteiger partial charge in [-0.3, -0.25) is 4.98 Å². The second kappa shape index (κ2) is 6.45. The third kappa shape index (κ3) is 3.32. The first-order valence-electron chi connectivity index (χ1n) is 6.80. The number of rotatable bonds is 3. The van der Waals surface area contributed by atoms with E-state index < -0.39 is 10.0 Å². The van der Waals surface area contributed by atoms with E-state index in [1.165, 1.54) is 6.42 Å². The summed E-state index contributed by atoms with van der Waals surface area (Å²) in [6.07, 6.45) is 6.84. The number of nitrogens with two attached hydrogens (primary N) is 1. The largest absolute Gasteiger partial charge is 0.325 e. The van der Waals surface area contributed by atoms with Gasteiger partial charge in [-0.2, -0.15) is 4.31 Å². The number of pyridine rings is 1. The first-order valence-corrected chi connectivity index (χ1v) is 8.24. The van der Waals surface area contributed by atoms with Crippen molar-refractivity contribution in [1.29, 1.82) is 0 Å². The van der Waals surface area contributed by atoms with Crippen molar-refractivity contribution in [2.24, 2.45) is 5.73 Å². The summed E-state index contributed by atoms with van der Waals surface area (Å²) < 4.78 is 26.9. The van der Waals surface area contributed by atoms with Gasteiger partial charge in [-0.05, 0) is 25.0 Å². The van der Waals surface area contributed by atoms with Gasteiger partial charge in [0.1, 0.15) is 4.90 Å². The molecule has 106 valence electrons. The van der Waals surface area contributed by atoms with Crippen molar-refractivity contribution in [2.45, 2.75) is 43.5 Å². The Labute approximate surface area is 114 Å². The molecule has 6 heteroatoms. The van der Waals surface area contributed by atoms with E-state index in [2.05, 4.69) is 4.98 Å². The summed E-state index contributed by atoms with van der Waals surface area (Å²) in [6.45, 7) is 1.34. The van der Waals surface area contributed by atoms with Crippen molar-refractivity contribution in [2.75, 3.05) is 13.1 Å². The zero-order chi connectivity index (χ0) is 13.7. The Kier molecular flexibility index (Phi) is 4.90. The van der Waals surface area contributed by atoms with Gasteiger partial charge >= 0.3 is 0 Å². The summed E-state index contributed by atoms with van der Waals surface area (Å²) in [6, 6.07) is 3.25. The third-order valence-corrected chi connectivity index (χ3v) is 5.45. The minimum atomic E-state index is -3.45. The highest BCUT2D eigenvalue weighted by Crippen LogP contribution is 2.21. The Morgan fingerprint density at radius 3 is 2.42 bits per heavy atom. The number of hydrogen-bond donors (Lipinski definition) is 1. The van der Waals surface area contributed by atoms with Crippen LogP contribution in [0.1, 0.15) is 37.8 Å². The molecule has 1 fully saturated rings. The average molecular weight is 283 g/mol. The zero-order valence-corrected chi connectivity index (χ0v) is 11.9. The normalized spacial score (nSPS) is 18.8. The SMILES string of the molecule is NCc1ncccc1S(=O)(=O)N1CCCCCCC1. The van der Waals surface area contributed by atoms with Gasteiger partial charge in [0.25, 0.3) is 0 Å². The second-order valence-electron chi connectivity index (χ2n) is 4.82. The molecule has 0 spiro atoms. The topological polar surface area (TPSA) is 76.3 Å². The molecule has 0 unspecified atom stereocenters. The maximum Gasteiger partial charge on any atom is 0.244 e. The van der Waals surface area contributed by atoms with E-state index in [4.69, 9.17) is 5.73 Å². The van der Waals surface area contributed by atoms with Crippen LogP contribution < -0.4 is 5.73 Å². The summed E-state index contributed by atoms with van der Waals surface area (Å²) in [4.78, 5) is 4.33. The van der Waals surface area contributed by atoms with Gasteiger partial charge < -0.3 is 5.73 Å². The molecule has 2 N–H and O–H groups in total. The Bertz CT molecular complexity index is 508. The number of aromatic nitrogens is 1. The highest BCUT2D eigenvalue weighted by molar-refractivity contribution is 7.89. The molecular weight excluding hydrogens is 262 g/mol. The van der Waals surface area contributed by atoms with E-state index in [-0.39, 0.29) is 11.4 Å². The molecule has 1 aromatic heterocycles. The molecular formula is C13H21N3O2S. The quantitative estimate of drug-likeness (QED) is 0.912. The fourth-order valence-corrected chi connectivity index (χ4v) is 4.11. The standard InChI is InChI=1S/C13H21N3O2S/c14-11-12-13(7-6-8-15-12)19(17,18)16-9-4-2-1-3-5-10-16/h6-8H,1-5,9-11,14H2. The molecule has 1 saturated heterocycles. The summed E-state index contributed by atoms with van der Waals surface area (Å²) in [5.41, 5.74) is 6.04. The van der Waals surface area contributed by atoms with Crippen LogP contribution in [0, 0.1) is 0 Å². The lowest BCUT2D eigenvalue weighted by atomic mass is 10.1. The minimum absolute atomic E-state index is 0.142. The Morgan fingerprint density at radius 2 is 1.79 bits per heavy atom. The van der Waals surface area contributed by atoms with Crippen LogP contribution in [0.3, 0.4) is 0 Å². The molecule has 0 atom stereocenters. The van der Waals surface area contributed by atoms with Crippen LogP contribution in [-0.4, -0.2) is 30.8 Å². The molecule has 1 aliphatic heterocycles. The molecule has 0 saturated carbocycles. The molecule has 2 heterocycles. The van der Waals surface area contributed by atoms with E-state index in [0.717, 1.165) is 25.7 Å². The number of sulfonamides is 1. The van der Waals surface area contributed by atoms with Crippen LogP contribution in [0.4, 0.5) is 0 Å². The van der Waals surface area contributed by atoms with Gasteiger partial charge in [0.15, 0.2) is 0 Å². The molecule has 1 aromatic rings. The van der Waals surface area contributed by atoms with E-state index in [1.807, 2.05) is 0 Å². The molecule has 0 amide bonds. The van der Waals surface area contributed by atoms with Crippen LogP contribution in [0.15, 0.2) is 23.2 Å². The molecule has 0 radical (unpaired) electrons. The zero-order valence-electron chi connectivity index (χ0n) is 11.1. The summed E-state index contributed by atoms with van der Waals surface area (Å²) in [7, 11) is -3.45. The predicted octanol–water partition coefficient (Wildman–Crippen LogP) is 1.50. The molecule has 0 aromatic carbocycles. The fourth-order valence-electron chi connectivity index (χ4n) is 2.41. The van der Waals surface area contributed by atoms with Crippen molar-refractivity contribution in [3.05, 3.63) is 24.0 Å². The first-order chi connectivity index (χ1) is 9.16. The van der Waals surface area contributed by atoms with Crippen molar-refractivity contribution in [3.8, 4) is 0 Å². The molecule has 2 rings (SSSR count). The van der Waals surface area contributed by atoms with Gasteiger partial charge in [0.05, 0.1) is 5.69 Å². The van der Waals surface area contributed by atoms with Crippen LogP contribution in [0.25, 0.3) is 0 Å². The van der Waals surface area contributed by atoms with Crippen LogP contribution >= 0.6 is 0 Å². The van der Waals surface area contributed by atoms with Gasteiger partial charge in [-0.15, -0.1) is 0 Å². The van der Waals surface area contributed by atoms with E-state index in [1.54, 1.807) is 22.6 Å². The van der Waals surface area contributed by atoms with Crippen molar-refractivity contribution in [3.63, 3.8) is 0 Å². The maximum absolute atomic E-state index is 12.7. The summed E-state index contributed by atoms with van der Waals surface area (Å²) >= 11 is 0. The third-order valence-electron chi connectivity index (χ3n) is 3.47. The molecule has 19 heavy (non-hydrogen) atoms. The highest BCUT2D eigenvalue weighted by atomic mass is 32.2. The van der Waals surface area contributed by atoms with E-state index >= 15 is 0 Å². The highest BCUT2D eigenvalue weighted by Gasteiger charge is 2.26. The Morgan fingerprint density at radius 1 is 1.16 bits per heavy atom. The van der Waals surface area contributed by atoms with Crippen molar-refractivity contribution >= 4 is 10.0 Å². The van der Waals surface area contributed by atoms with Gasteiger partial charge in [0.2, 0.25) is 10.0 Å². The van der Waals surface area contributed by atoms with Gasteiger partial charge in [0, 0.05) is 25.8 Å². The average Bonchev–Trinajstić information content (AvgIpc) is 2.37. The Balaban J connectivity index is 2.29. The lowest BCUT2D eigenvalue weighted by molar-refractivity contribution is 0.363. The van der Waals surface area contributed by atoms with Crippen LogP contribution in [0.5, 0.6) is 0 Å². The Hall–Kier alpha value is -0.980. The van der Waals surface area contributed by atoms with Gasteiger partial charge in [-0.1, -0.05) is 19.3 Å². The van der Waals surface area contributed by atoms with Gasteiger partial charge in [-0.25, -0.2) is 8.42 Å². The summed E-state index contributed by atoms with van der Waals surface area (Å²) in [5.74, 6) is 0. The lowest BCUT2D eigenvalue weighted by Gasteiger charge is -2.24. The number of hydrogen-bond acceptors (Lipinski definition) is 4.